The molecule has 3 aliphatic rings. The fraction of sp³-hybridized carbons (Fsp3) is 0.441. The van der Waals surface area contributed by atoms with Gasteiger partial charge in [-0.25, -0.2) is 0 Å². The molecule has 3 saturated heterocycles. The minimum atomic E-state index is -1.20. The summed E-state index contributed by atoms with van der Waals surface area (Å²) in [5, 5.41) is 10.5. The fourth-order valence-electron chi connectivity index (χ4n) is 7.23. The van der Waals surface area contributed by atoms with Crippen molar-refractivity contribution in [2.45, 2.75) is 50.5 Å². The van der Waals surface area contributed by atoms with Crippen molar-refractivity contribution in [3.63, 3.8) is 0 Å². The van der Waals surface area contributed by atoms with Gasteiger partial charge in [0.15, 0.2) is 0 Å². The molecule has 1 N–H and O–H groups in total. The predicted octanol–water partition coefficient (Wildman–Crippen LogP) is 3.82. The van der Waals surface area contributed by atoms with E-state index in [0.717, 1.165) is 0 Å². The molecule has 3 heterocycles. The van der Waals surface area contributed by atoms with Gasteiger partial charge in [0.05, 0.1) is 37.7 Å². The number of amides is 3. The van der Waals surface area contributed by atoms with E-state index < -0.39 is 35.6 Å². The molecule has 3 amide bonds. The van der Waals surface area contributed by atoms with Crippen molar-refractivity contribution in [1.29, 1.82) is 0 Å². The van der Waals surface area contributed by atoms with Crippen LogP contribution in [0.15, 0.2) is 79.9 Å². The van der Waals surface area contributed by atoms with Crippen LogP contribution in [0.5, 0.6) is 5.75 Å². The van der Waals surface area contributed by atoms with Crippen molar-refractivity contribution in [1.82, 2.24) is 4.90 Å². The molecule has 0 aromatic heterocycles. The highest BCUT2D eigenvalue weighted by molar-refractivity contribution is 6.06. The summed E-state index contributed by atoms with van der Waals surface area (Å²) in [6.07, 6.45) is 3.79. The molecule has 1 spiro atoms. The summed E-state index contributed by atoms with van der Waals surface area (Å²) in [6.45, 7) is 11.7. The van der Waals surface area contributed by atoms with E-state index in [1.807, 2.05) is 44.2 Å². The second-order valence-corrected chi connectivity index (χ2v) is 11.8. The topological polar surface area (TPSA) is 99.6 Å². The maximum Gasteiger partial charge on any atom is 0.253 e. The summed E-state index contributed by atoms with van der Waals surface area (Å²) >= 11 is 0. The lowest BCUT2D eigenvalue weighted by atomic mass is 9.70. The molecule has 3 aliphatic heterocycles. The molecule has 2 bridgehead atoms. The lowest BCUT2D eigenvalue weighted by molar-refractivity contribution is -0.145. The summed E-state index contributed by atoms with van der Waals surface area (Å²) in [4.78, 5) is 48.4. The number of carbonyl (C=O) groups is 3. The van der Waals surface area contributed by atoms with Gasteiger partial charge in [-0.15, -0.1) is 13.2 Å². The molecule has 9 nitrogen and oxygen atoms in total. The highest BCUT2D eigenvalue weighted by Crippen LogP contribution is 2.59. The zero-order valence-electron chi connectivity index (χ0n) is 25.1. The Morgan fingerprint density at radius 2 is 1.65 bits per heavy atom. The molecule has 2 unspecified atom stereocenters. The van der Waals surface area contributed by atoms with Gasteiger partial charge in [0.1, 0.15) is 17.4 Å². The molecule has 5 rings (SSSR count). The second kappa shape index (κ2) is 12.3. The third-order valence-corrected chi connectivity index (χ3v) is 9.18. The summed E-state index contributed by atoms with van der Waals surface area (Å²) in [6, 6.07) is 14.7. The number of para-hydroxylation sites is 1. The van der Waals surface area contributed by atoms with Gasteiger partial charge in [-0.05, 0) is 55.2 Å². The normalized spacial score (nSPS) is 26.3. The largest absolute Gasteiger partial charge is 0.497 e. The summed E-state index contributed by atoms with van der Waals surface area (Å²) in [5.74, 6) is -2.03. The number of aliphatic hydroxyl groups excluding tert-OH is 1. The molecule has 0 aliphatic carbocycles. The Balaban J connectivity index is 1.60. The number of methoxy groups -OCH3 is 1. The first-order valence-electron chi connectivity index (χ1n) is 14.9. The third kappa shape index (κ3) is 5.04. The van der Waals surface area contributed by atoms with Crippen LogP contribution in [0.3, 0.4) is 0 Å². The number of nitrogens with zero attached hydrogens (tertiary/aromatic N) is 3. The number of rotatable bonds is 12. The van der Waals surface area contributed by atoms with E-state index in [0.29, 0.717) is 30.0 Å². The van der Waals surface area contributed by atoms with Gasteiger partial charge in [0.2, 0.25) is 11.8 Å². The number of likely N-dealkylation sites (tertiary alicyclic amines) is 1. The average molecular weight is 588 g/mol. The van der Waals surface area contributed by atoms with Crippen molar-refractivity contribution in [3.8, 4) is 5.75 Å². The molecular weight excluding hydrogens is 546 g/mol. The Kier molecular flexibility index (Phi) is 8.76. The minimum Gasteiger partial charge on any atom is -0.497 e. The zero-order chi connectivity index (χ0) is 30.9. The van der Waals surface area contributed by atoms with Gasteiger partial charge < -0.3 is 29.3 Å². The number of hydrogen-bond acceptors (Lipinski definition) is 6. The van der Waals surface area contributed by atoms with Crippen molar-refractivity contribution >= 4 is 29.1 Å². The maximum absolute atomic E-state index is 14.7. The second-order valence-electron chi connectivity index (χ2n) is 11.8. The number of ether oxygens (including phenoxy) is 2. The Morgan fingerprint density at radius 3 is 2.21 bits per heavy atom. The van der Waals surface area contributed by atoms with Crippen molar-refractivity contribution < 1.29 is 29.0 Å². The van der Waals surface area contributed by atoms with Crippen molar-refractivity contribution in [3.05, 3.63) is 79.9 Å². The number of carbonyl (C=O) groups excluding carboxylic acids is 3. The van der Waals surface area contributed by atoms with Gasteiger partial charge in [-0.3, -0.25) is 14.4 Å². The van der Waals surface area contributed by atoms with Crippen LogP contribution in [0.4, 0.5) is 11.4 Å². The Labute approximate surface area is 253 Å². The van der Waals surface area contributed by atoms with Crippen LogP contribution in [0.2, 0.25) is 0 Å². The molecule has 2 aromatic carbocycles. The Morgan fingerprint density at radius 1 is 1.05 bits per heavy atom. The van der Waals surface area contributed by atoms with Crippen LogP contribution in [0.1, 0.15) is 26.7 Å². The molecule has 0 saturated carbocycles. The number of hydrogen-bond donors (Lipinski definition) is 1. The van der Waals surface area contributed by atoms with Crippen LogP contribution in [0, 0.1) is 17.8 Å². The number of aliphatic hydroxyl groups is 1. The average Bonchev–Trinajstić information content (AvgIpc) is 3.66. The molecule has 2 aromatic rings. The van der Waals surface area contributed by atoms with Crippen LogP contribution in [-0.2, 0) is 19.1 Å². The SMILES string of the molecule is C=CCN(C(=O)C1N([C@@H](CO)C(C)C)C(=O)[C@@H]2[C@@H](C(=O)N(CC=C)c3ccccc3)[C@H]3CCC12O3)c1ccc(OC)cc1. The van der Waals surface area contributed by atoms with E-state index in [-0.39, 0.29) is 43.3 Å². The van der Waals surface area contributed by atoms with E-state index in [4.69, 9.17) is 9.47 Å². The molecule has 3 fully saturated rings. The van der Waals surface area contributed by atoms with E-state index in [9.17, 15) is 19.5 Å². The summed E-state index contributed by atoms with van der Waals surface area (Å²) < 4.78 is 12.0. The number of anilines is 2. The van der Waals surface area contributed by atoms with Gasteiger partial charge in [0, 0.05) is 24.5 Å². The lowest BCUT2D eigenvalue weighted by Gasteiger charge is -2.40. The summed E-state index contributed by atoms with van der Waals surface area (Å²) in [7, 11) is 1.57. The van der Waals surface area contributed by atoms with E-state index in [1.165, 1.54) is 4.90 Å². The Bertz CT molecular complexity index is 1360. The van der Waals surface area contributed by atoms with Gasteiger partial charge in [-0.1, -0.05) is 44.2 Å². The standard InChI is InChI=1S/C34H41N3O6/c1-6-19-35(23-11-9-8-10-12-23)31(39)28-27-17-18-34(43-27)29(28)32(40)37(26(21-38)22(3)4)30(34)33(41)36(20-7-2)24-13-15-25(42-5)16-14-24/h6-16,22,26-30,38H,1-2,17-21H2,3-5H3/t26-,27+,28-,29-,30?,34?/m0/s1. The molecule has 228 valence electrons. The van der Waals surface area contributed by atoms with Crippen molar-refractivity contribution in [2.75, 3.05) is 36.6 Å². The van der Waals surface area contributed by atoms with E-state index in [2.05, 4.69) is 13.2 Å². The number of benzene rings is 2. The molecule has 6 atom stereocenters. The minimum absolute atomic E-state index is 0.152. The number of fused-ring (bicyclic) bond motifs is 1. The molecular formula is C34H41N3O6. The monoisotopic (exact) mass is 587 g/mol. The first-order valence-corrected chi connectivity index (χ1v) is 14.9. The Hall–Kier alpha value is -3.95. The van der Waals surface area contributed by atoms with Crippen LogP contribution < -0.4 is 14.5 Å². The van der Waals surface area contributed by atoms with Crippen LogP contribution in [0.25, 0.3) is 0 Å². The lowest BCUT2D eigenvalue weighted by Crippen LogP contribution is -2.59. The highest BCUT2D eigenvalue weighted by Gasteiger charge is 2.75. The van der Waals surface area contributed by atoms with Crippen LogP contribution >= 0.6 is 0 Å². The molecule has 9 heteroatoms. The predicted molar refractivity (Wildman–Crippen MR) is 165 cm³/mol. The zero-order valence-corrected chi connectivity index (χ0v) is 25.1. The van der Waals surface area contributed by atoms with E-state index >= 15 is 0 Å². The van der Waals surface area contributed by atoms with E-state index in [1.54, 1.807) is 53.3 Å². The van der Waals surface area contributed by atoms with Gasteiger partial charge in [0.25, 0.3) is 5.91 Å². The smallest absolute Gasteiger partial charge is 0.253 e. The third-order valence-electron chi connectivity index (χ3n) is 9.18. The molecule has 43 heavy (non-hydrogen) atoms. The first kappa shape index (κ1) is 30.5. The van der Waals surface area contributed by atoms with Crippen LogP contribution in [-0.4, -0.2) is 78.3 Å². The fourth-order valence-corrected chi connectivity index (χ4v) is 7.23. The molecule has 0 radical (unpaired) electrons. The van der Waals surface area contributed by atoms with Gasteiger partial charge in [-0.2, -0.15) is 0 Å². The maximum atomic E-state index is 14.7. The van der Waals surface area contributed by atoms with Crippen molar-refractivity contribution in [2.24, 2.45) is 17.8 Å². The summed E-state index contributed by atoms with van der Waals surface area (Å²) in [5.41, 5.74) is 0.111. The van der Waals surface area contributed by atoms with Gasteiger partial charge >= 0.3 is 0 Å². The first-order chi connectivity index (χ1) is 20.7. The quantitative estimate of drug-likeness (QED) is 0.379. The highest BCUT2D eigenvalue weighted by atomic mass is 16.5.